The Morgan fingerprint density at radius 3 is 2.19 bits per heavy atom. The van der Waals surface area contributed by atoms with Gasteiger partial charge in [0.05, 0.1) is 19.8 Å². The van der Waals surface area contributed by atoms with Crippen molar-refractivity contribution in [3.63, 3.8) is 0 Å². The van der Waals surface area contributed by atoms with E-state index in [1.54, 1.807) is 0 Å². The van der Waals surface area contributed by atoms with Crippen molar-refractivity contribution in [3.8, 4) is 0 Å². The monoisotopic (exact) mass is 374 g/mol. The smallest absolute Gasteiger partial charge is 0.305 e. The van der Waals surface area contributed by atoms with E-state index < -0.39 is 0 Å². The van der Waals surface area contributed by atoms with Crippen molar-refractivity contribution in [1.82, 2.24) is 10.2 Å². The highest BCUT2D eigenvalue weighted by molar-refractivity contribution is 5.69. The fraction of sp³-hybridized carbons (Fsp3) is 0.950. The van der Waals surface area contributed by atoms with E-state index in [0.717, 1.165) is 38.9 Å². The molecule has 0 aliphatic rings. The first-order valence-electron chi connectivity index (χ1n) is 10.5. The first kappa shape index (κ1) is 25.3. The van der Waals surface area contributed by atoms with Gasteiger partial charge in [-0.1, -0.05) is 51.9 Å². The number of nitrogens with one attached hydrogen (secondary N) is 1. The largest absolute Gasteiger partial charge is 0.466 e. The number of rotatable bonds is 20. The molecule has 0 spiro atoms. The van der Waals surface area contributed by atoms with Crippen molar-refractivity contribution >= 4 is 5.97 Å². The van der Waals surface area contributed by atoms with Crippen molar-refractivity contribution in [3.05, 3.63) is 0 Å². The van der Waals surface area contributed by atoms with Crippen LogP contribution >= 0.6 is 0 Å². The maximum Gasteiger partial charge on any atom is 0.305 e. The van der Waals surface area contributed by atoms with Crippen molar-refractivity contribution < 1.29 is 19.7 Å². The van der Waals surface area contributed by atoms with Gasteiger partial charge in [-0.3, -0.25) is 9.69 Å². The van der Waals surface area contributed by atoms with Gasteiger partial charge in [-0.15, -0.1) is 0 Å². The van der Waals surface area contributed by atoms with E-state index in [2.05, 4.69) is 17.1 Å². The molecule has 156 valence electrons. The van der Waals surface area contributed by atoms with Crippen molar-refractivity contribution in [2.24, 2.45) is 0 Å². The lowest BCUT2D eigenvalue weighted by molar-refractivity contribution is -0.143. The molecule has 0 aliphatic heterocycles. The first-order chi connectivity index (χ1) is 12.7. The molecular weight excluding hydrogens is 332 g/mol. The molecule has 0 aromatic carbocycles. The van der Waals surface area contributed by atoms with Crippen LogP contribution in [0.3, 0.4) is 0 Å². The van der Waals surface area contributed by atoms with Crippen LogP contribution in [0, 0.1) is 0 Å². The second-order valence-electron chi connectivity index (χ2n) is 6.84. The summed E-state index contributed by atoms with van der Waals surface area (Å²) >= 11 is 0. The summed E-state index contributed by atoms with van der Waals surface area (Å²) in [6.07, 6.45) is 11.1. The molecule has 0 amide bonds. The van der Waals surface area contributed by atoms with Crippen molar-refractivity contribution in [1.29, 1.82) is 0 Å². The van der Waals surface area contributed by atoms with Crippen molar-refractivity contribution in [2.75, 3.05) is 52.5 Å². The van der Waals surface area contributed by atoms with Gasteiger partial charge in [0.1, 0.15) is 0 Å². The number of aliphatic hydroxyl groups excluding tert-OH is 2. The Morgan fingerprint density at radius 2 is 1.54 bits per heavy atom. The number of carbonyl (C=O) groups excluding carboxylic acids is 1. The standard InChI is InChI=1S/C20H42N2O4/c1-2-3-4-5-6-7-8-9-19-26-20(25)11-10-14-22(16-18-24)15-12-21-13-17-23/h21,23-24H,2-19H2,1H3. The SMILES string of the molecule is CCCCCCCCCCOC(=O)CCCN(CCO)CCNCCO. The molecule has 0 aromatic heterocycles. The quantitative estimate of drug-likeness (QED) is 0.224. The van der Waals surface area contributed by atoms with Gasteiger partial charge < -0.3 is 20.3 Å². The van der Waals surface area contributed by atoms with Crippen LogP contribution in [0.1, 0.15) is 71.1 Å². The van der Waals surface area contributed by atoms with Gasteiger partial charge in [0, 0.05) is 32.6 Å². The number of hydrogen-bond acceptors (Lipinski definition) is 6. The fourth-order valence-corrected chi connectivity index (χ4v) is 2.86. The van der Waals surface area contributed by atoms with Crippen molar-refractivity contribution in [2.45, 2.75) is 71.1 Å². The van der Waals surface area contributed by atoms with Gasteiger partial charge in [0.25, 0.3) is 0 Å². The molecule has 3 N–H and O–H groups in total. The Labute approximate surface area is 160 Å². The Balaban J connectivity index is 3.52. The minimum atomic E-state index is -0.115. The second kappa shape index (κ2) is 20.6. The average Bonchev–Trinajstić information content (AvgIpc) is 2.64. The molecule has 0 saturated heterocycles. The van der Waals surface area contributed by atoms with E-state index in [-0.39, 0.29) is 19.2 Å². The Hall–Kier alpha value is -0.690. The maximum absolute atomic E-state index is 11.8. The highest BCUT2D eigenvalue weighted by Gasteiger charge is 2.07. The second-order valence-corrected chi connectivity index (χ2v) is 6.84. The zero-order valence-corrected chi connectivity index (χ0v) is 16.9. The molecule has 0 rings (SSSR count). The molecule has 0 aliphatic carbocycles. The van der Waals surface area contributed by atoms with E-state index >= 15 is 0 Å². The molecule has 0 unspecified atom stereocenters. The summed E-state index contributed by atoms with van der Waals surface area (Å²) in [4.78, 5) is 13.9. The van der Waals surface area contributed by atoms with E-state index in [4.69, 9.17) is 14.9 Å². The minimum Gasteiger partial charge on any atom is -0.466 e. The zero-order valence-electron chi connectivity index (χ0n) is 16.9. The molecule has 0 aromatic rings. The number of unbranched alkanes of at least 4 members (excludes halogenated alkanes) is 7. The predicted molar refractivity (Wildman–Crippen MR) is 106 cm³/mol. The number of aliphatic hydroxyl groups is 2. The minimum absolute atomic E-state index is 0.114. The van der Waals surface area contributed by atoms with E-state index in [1.165, 1.54) is 38.5 Å². The van der Waals surface area contributed by atoms with Crippen LogP contribution in [-0.4, -0.2) is 73.6 Å². The lowest BCUT2D eigenvalue weighted by Gasteiger charge is -2.21. The normalized spacial score (nSPS) is 11.2. The number of nitrogens with zero attached hydrogens (tertiary/aromatic N) is 1. The Morgan fingerprint density at radius 1 is 0.846 bits per heavy atom. The van der Waals surface area contributed by atoms with Gasteiger partial charge in [-0.25, -0.2) is 0 Å². The number of ether oxygens (including phenoxy) is 1. The molecule has 0 radical (unpaired) electrons. The fourth-order valence-electron chi connectivity index (χ4n) is 2.86. The third kappa shape index (κ3) is 18.1. The molecule has 26 heavy (non-hydrogen) atoms. The molecule has 6 nitrogen and oxygen atoms in total. The van der Waals surface area contributed by atoms with Crippen LogP contribution in [-0.2, 0) is 9.53 Å². The molecule has 0 bridgehead atoms. The van der Waals surface area contributed by atoms with Gasteiger partial charge in [-0.2, -0.15) is 0 Å². The van der Waals surface area contributed by atoms with Crippen LogP contribution in [0.2, 0.25) is 0 Å². The summed E-state index contributed by atoms with van der Waals surface area (Å²) in [5.41, 5.74) is 0. The molecule has 6 heteroatoms. The number of esters is 1. The Bertz CT molecular complexity index is 304. The summed E-state index contributed by atoms with van der Waals surface area (Å²) in [6, 6.07) is 0. The van der Waals surface area contributed by atoms with Crippen LogP contribution in [0.5, 0.6) is 0 Å². The maximum atomic E-state index is 11.8. The van der Waals surface area contributed by atoms with Crippen LogP contribution in [0.25, 0.3) is 0 Å². The zero-order chi connectivity index (χ0) is 19.3. The third-order valence-electron chi connectivity index (χ3n) is 4.43. The molecule has 0 saturated carbocycles. The van der Waals surface area contributed by atoms with E-state index in [0.29, 0.717) is 26.1 Å². The predicted octanol–water partition coefficient (Wildman–Crippen LogP) is 2.33. The lowest BCUT2D eigenvalue weighted by Crippen LogP contribution is -2.35. The summed E-state index contributed by atoms with van der Waals surface area (Å²) in [7, 11) is 0. The summed E-state index contributed by atoms with van der Waals surface area (Å²) < 4.78 is 5.30. The number of carbonyl (C=O) groups is 1. The van der Waals surface area contributed by atoms with E-state index in [1.807, 2.05) is 0 Å². The van der Waals surface area contributed by atoms with Gasteiger partial charge in [-0.05, 0) is 19.4 Å². The van der Waals surface area contributed by atoms with Crippen LogP contribution in [0.4, 0.5) is 0 Å². The highest BCUT2D eigenvalue weighted by atomic mass is 16.5. The molecule has 0 fully saturated rings. The summed E-state index contributed by atoms with van der Waals surface area (Å²) in [6.45, 7) is 6.54. The molecule has 0 atom stereocenters. The van der Waals surface area contributed by atoms with Crippen LogP contribution in [0.15, 0.2) is 0 Å². The first-order valence-corrected chi connectivity index (χ1v) is 10.5. The Kier molecular flexibility index (Phi) is 20.1. The summed E-state index contributed by atoms with van der Waals surface area (Å²) in [5, 5.41) is 21.0. The summed E-state index contributed by atoms with van der Waals surface area (Å²) in [5.74, 6) is -0.115. The highest BCUT2D eigenvalue weighted by Crippen LogP contribution is 2.08. The average molecular weight is 375 g/mol. The lowest BCUT2D eigenvalue weighted by atomic mass is 10.1. The van der Waals surface area contributed by atoms with Gasteiger partial charge in [0.2, 0.25) is 0 Å². The molecular formula is C20H42N2O4. The van der Waals surface area contributed by atoms with E-state index in [9.17, 15) is 4.79 Å². The molecule has 0 heterocycles. The van der Waals surface area contributed by atoms with Gasteiger partial charge in [0.15, 0.2) is 0 Å². The van der Waals surface area contributed by atoms with Crippen LogP contribution < -0.4 is 5.32 Å². The number of hydrogen-bond donors (Lipinski definition) is 3. The topological polar surface area (TPSA) is 82.0 Å². The third-order valence-corrected chi connectivity index (χ3v) is 4.43. The van der Waals surface area contributed by atoms with Gasteiger partial charge >= 0.3 is 5.97 Å².